The van der Waals surface area contributed by atoms with Gasteiger partial charge in [-0.2, -0.15) is 0 Å². The molecule has 3 aliphatic rings. The van der Waals surface area contributed by atoms with E-state index in [1.54, 1.807) is 18.3 Å². The van der Waals surface area contributed by atoms with Gasteiger partial charge in [0.25, 0.3) is 0 Å². The number of piperidine rings is 3. The number of hydrogen-bond acceptors (Lipinski definition) is 11. The zero-order chi connectivity index (χ0) is 31.6. The summed E-state index contributed by atoms with van der Waals surface area (Å²) in [5, 5.41) is 23.7. The van der Waals surface area contributed by atoms with Gasteiger partial charge in [-0.3, -0.25) is 0 Å². The highest BCUT2D eigenvalue weighted by Crippen LogP contribution is 2.21. The van der Waals surface area contributed by atoms with Crippen LogP contribution in [0.4, 0.5) is 28.8 Å². The minimum Gasteiger partial charge on any atom is -0.384 e. The second-order valence-corrected chi connectivity index (χ2v) is 11.5. The molecule has 13 nitrogen and oxygen atoms in total. The van der Waals surface area contributed by atoms with Crippen LogP contribution in [0.15, 0.2) is 59.5 Å². The summed E-state index contributed by atoms with van der Waals surface area (Å²) in [7, 11) is 0. The summed E-state index contributed by atoms with van der Waals surface area (Å²) >= 11 is 3.11. The summed E-state index contributed by atoms with van der Waals surface area (Å²) in [4.78, 5) is 35.5. The molecule has 3 aliphatic heterocycles. The molecular formula is C30H42BrN9O4. The van der Waals surface area contributed by atoms with E-state index in [0.717, 1.165) is 36.3 Å². The Morgan fingerprint density at radius 3 is 1.43 bits per heavy atom. The average Bonchev–Trinajstić information content (AvgIpc) is 3.08. The van der Waals surface area contributed by atoms with Gasteiger partial charge in [0.15, 0.2) is 12.4 Å². The number of nitrogens with two attached hydrogens (primary N) is 1. The first-order valence-electron chi connectivity index (χ1n) is 15.1. The smallest absolute Gasteiger partial charge is 0.363 e. The van der Waals surface area contributed by atoms with Gasteiger partial charge in [0.1, 0.15) is 5.82 Å². The fourth-order valence-electron chi connectivity index (χ4n) is 4.84. The van der Waals surface area contributed by atoms with Crippen LogP contribution in [0.3, 0.4) is 0 Å². The molecule has 0 amide bonds. The van der Waals surface area contributed by atoms with E-state index < -0.39 is 9.85 Å². The molecule has 0 unspecified atom stereocenters. The standard InChI is InChI=1S/C10H13N3O2.C10H15N3.C5H3BrN2O2.C5H11N/c14-13(15)10-5-4-9(8-11-10)12-6-2-1-3-7-12;11-10-5-4-9(8-12-10)13-6-2-1-3-7-13;6-4-1-2-5(7-3-4)8(9)10;1-2-4-6-5-3-1/h4-5,8H,1-3,6-7H2;4-5,8H,1-3,6-7H2,(H2,11,12);1-3H;6H,1-5H2. The van der Waals surface area contributed by atoms with Crippen molar-refractivity contribution in [2.75, 3.05) is 54.8 Å². The van der Waals surface area contributed by atoms with Crippen LogP contribution in [0.2, 0.25) is 0 Å². The molecule has 6 rings (SSSR count). The third-order valence-electron chi connectivity index (χ3n) is 7.24. The van der Waals surface area contributed by atoms with Gasteiger partial charge in [0, 0.05) is 38.3 Å². The highest BCUT2D eigenvalue weighted by Gasteiger charge is 2.14. The SMILES string of the molecule is C1CCNCC1.Nc1ccc(N2CCCCC2)cn1.O=[N+]([O-])c1ccc(Br)cn1.O=[N+]([O-])c1ccc(N2CCCCC2)cn1. The van der Waals surface area contributed by atoms with Gasteiger partial charge in [0.2, 0.25) is 0 Å². The van der Waals surface area contributed by atoms with Crippen molar-refractivity contribution in [3.8, 4) is 0 Å². The van der Waals surface area contributed by atoms with Gasteiger partial charge >= 0.3 is 11.6 Å². The van der Waals surface area contributed by atoms with Crippen molar-refractivity contribution in [1.82, 2.24) is 20.3 Å². The quantitative estimate of drug-likeness (QED) is 0.241. The van der Waals surface area contributed by atoms with Crippen LogP contribution in [0.1, 0.15) is 57.8 Å². The Kier molecular flexibility index (Phi) is 15.2. The molecule has 3 N–H and O–H groups in total. The molecule has 3 aromatic rings. The van der Waals surface area contributed by atoms with Gasteiger partial charge < -0.3 is 41.1 Å². The Morgan fingerprint density at radius 2 is 1.09 bits per heavy atom. The molecule has 0 saturated carbocycles. The number of aromatic nitrogens is 3. The number of rotatable bonds is 4. The molecule has 0 radical (unpaired) electrons. The average molecular weight is 673 g/mol. The Morgan fingerprint density at radius 1 is 0.636 bits per heavy atom. The molecule has 0 spiro atoms. The van der Waals surface area contributed by atoms with E-state index in [0.29, 0.717) is 5.82 Å². The number of nitrogens with one attached hydrogen (secondary N) is 1. The summed E-state index contributed by atoms with van der Waals surface area (Å²) in [6.07, 6.45) is 16.7. The summed E-state index contributed by atoms with van der Waals surface area (Å²) in [6.45, 7) is 6.87. The van der Waals surface area contributed by atoms with Gasteiger partial charge in [-0.15, -0.1) is 0 Å². The fraction of sp³-hybridized carbons (Fsp3) is 0.500. The summed E-state index contributed by atoms with van der Waals surface area (Å²) < 4.78 is 0.734. The first-order valence-corrected chi connectivity index (χ1v) is 15.9. The number of nitrogens with zero attached hydrogens (tertiary/aromatic N) is 7. The van der Waals surface area contributed by atoms with Gasteiger partial charge in [-0.25, -0.2) is 4.98 Å². The molecule has 14 heteroatoms. The minimum absolute atomic E-state index is 0.0873. The van der Waals surface area contributed by atoms with E-state index in [1.807, 2.05) is 18.3 Å². The van der Waals surface area contributed by atoms with Crippen molar-refractivity contribution >= 4 is 44.8 Å². The normalized spacial score (nSPS) is 16.1. The van der Waals surface area contributed by atoms with Gasteiger partial charge in [-0.1, -0.05) is 6.42 Å². The number of anilines is 3. The number of hydrogen-bond donors (Lipinski definition) is 2. The van der Waals surface area contributed by atoms with E-state index in [9.17, 15) is 20.2 Å². The van der Waals surface area contributed by atoms with E-state index in [-0.39, 0.29) is 11.6 Å². The number of halogens is 1. The maximum absolute atomic E-state index is 10.4. The van der Waals surface area contributed by atoms with Crippen LogP contribution >= 0.6 is 15.9 Å². The van der Waals surface area contributed by atoms with E-state index >= 15 is 0 Å². The molecule has 0 bridgehead atoms. The predicted octanol–water partition coefficient (Wildman–Crippen LogP) is 6.15. The largest absolute Gasteiger partial charge is 0.384 e. The van der Waals surface area contributed by atoms with Crippen molar-refractivity contribution in [2.45, 2.75) is 57.8 Å². The first-order chi connectivity index (χ1) is 21.3. The number of nitrogen functional groups attached to an aromatic ring is 1. The molecule has 0 aliphatic carbocycles. The molecule has 44 heavy (non-hydrogen) atoms. The number of nitro groups is 2. The molecule has 0 atom stereocenters. The lowest BCUT2D eigenvalue weighted by Gasteiger charge is -2.28. The van der Waals surface area contributed by atoms with Crippen molar-refractivity contribution in [1.29, 1.82) is 0 Å². The van der Waals surface area contributed by atoms with Crippen LogP contribution in [0.5, 0.6) is 0 Å². The lowest BCUT2D eigenvalue weighted by atomic mass is 10.1. The molecule has 6 heterocycles. The monoisotopic (exact) mass is 671 g/mol. The van der Waals surface area contributed by atoms with Crippen molar-refractivity contribution in [3.63, 3.8) is 0 Å². The van der Waals surface area contributed by atoms with Crippen LogP contribution in [-0.2, 0) is 0 Å². The van der Waals surface area contributed by atoms with Crippen molar-refractivity contribution < 1.29 is 9.85 Å². The van der Waals surface area contributed by atoms with Crippen LogP contribution in [-0.4, -0.2) is 64.1 Å². The Labute approximate surface area is 266 Å². The van der Waals surface area contributed by atoms with Crippen LogP contribution in [0.25, 0.3) is 0 Å². The van der Waals surface area contributed by atoms with Gasteiger partial charge in [-0.05, 0) is 124 Å². The summed E-state index contributed by atoms with van der Waals surface area (Å²) in [5.41, 5.74) is 7.72. The lowest BCUT2D eigenvalue weighted by molar-refractivity contribution is -0.389. The molecule has 3 aromatic heterocycles. The molecule has 0 aromatic carbocycles. The van der Waals surface area contributed by atoms with E-state index in [4.69, 9.17) is 5.73 Å². The van der Waals surface area contributed by atoms with Crippen molar-refractivity contribution in [3.05, 3.63) is 79.7 Å². The predicted molar refractivity (Wildman–Crippen MR) is 177 cm³/mol. The third kappa shape index (κ3) is 12.8. The first kappa shape index (κ1) is 34.6. The maximum atomic E-state index is 10.4. The van der Waals surface area contributed by atoms with E-state index in [1.165, 1.54) is 94.9 Å². The van der Waals surface area contributed by atoms with Crippen LogP contribution in [0, 0.1) is 20.2 Å². The second kappa shape index (κ2) is 19.4. The minimum atomic E-state index is -0.535. The highest BCUT2D eigenvalue weighted by atomic mass is 79.9. The third-order valence-corrected chi connectivity index (χ3v) is 7.71. The summed E-state index contributed by atoms with van der Waals surface area (Å²) in [5.74, 6) is 0.375. The highest BCUT2D eigenvalue weighted by molar-refractivity contribution is 9.10. The Hall–Kier alpha value is -3.91. The lowest BCUT2D eigenvalue weighted by Crippen LogP contribution is -2.29. The number of pyridine rings is 3. The maximum Gasteiger partial charge on any atom is 0.363 e. The topological polar surface area (TPSA) is 169 Å². The fourth-order valence-corrected chi connectivity index (χ4v) is 5.07. The van der Waals surface area contributed by atoms with E-state index in [2.05, 4.69) is 46.0 Å². The molecule has 3 saturated heterocycles. The second-order valence-electron chi connectivity index (χ2n) is 10.6. The van der Waals surface area contributed by atoms with Crippen LogP contribution < -0.4 is 20.9 Å². The van der Waals surface area contributed by atoms with Gasteiger partial charge in [0.05, 0.1) is 22.0 Å². The molecule has 3 fully saturated rings. The zero-order valence-corrected chi connectivity index (χ0v) is 26.6. The molecule has 238 valence electrons. The zero-order valence-electron chi connectivity index (χ0n) is 25.0. The van der Waals surface area contributed by atoms with Crippen molar-refractivity contribution in [2.24, 2.45) is 0 Å². The Balaban J connectivity index is 0.000000167. The molecular weight excluding hydrogens is 630 g/mol. The Bertz CT molecular complexity index is 1240. The summed E-state index contributed by atoms with van der Waals surface area (Å²) in [6, 6.07) is 10.1.